The lowest BCUT2D eigenvalue weighted by atomic mass is 9.94. The first-order valence-electron chi connectivity index (χ1n) is 10.2. The number of piperidine rings is 1. The average Bonchev–Trinajstić information content (AvgIpc) is 2.75. The van der Waals surface area contributed by atoms with Crippen molar-refractivity contribution in [2.24, 2.45) is 5.92 Å². The number of pyridine rings is 1. The van der Waals surface area contributed by atoms with Gasteiger partial charge in [0, 0.05) is 29.0 Å². The maximum Gasteiger partial charge on any atom is 0.241 e. The Morgan fingerprint density at radius 1 is 1.14 bits per heavy atom. The molecule has 1 aromatic heterocycles. The molecule has 0 spiro atoms. The van der Waals surface area contributed by atoms with E-state index in [9.17, 15) is 4.79 Å². The van der Waals surface area contributed by atoms with Crippen LogP contribution >= 0.6 is 23.2 Å². The molecule has 7 heteroatoms. The van der Waals surface area contributed by atoms with E-state index in [0.29, 0.717) is 28.1 Å². The molecule has 156 valence electrons. The minimum absolute atomic E-state index is 0.0893. The maximum atomic E-state index is 13.0. The van der Waals surface area contributed by atoms with Crippen LogP contribution in [0.1, 0.15) is 36.4 Å². The minimum Gasteiger partial charge on any atom is -0.354 e. The van der Waals surface area contributed by atoms with Crippen molar-refractivity contribution in [1.82, 2.24) is 20.9 Å². The Hall–Kier alpha value is -1.66. The summed E-state index contributed by atoms with van der Waals surface area (Å²) in [5.41, 5.74) is 1.85. The zero-order valence-corrected chi connectivity index (χ0v) is 18.0. The number of hydrogen-bond acceptors (Lipinski definition) is 4. The summed E-state index contributed by atoms with van der Waals surface area (Å²) in [5, 5.41) is 10.9. The van der Waals surface area contributed by atoms with Gasteiger partial charge in [0.15, 0.2) is 0 Å². The zero-order valence-electron chi connectivity index (χ0n) is 16.5. The molecule has 0 radical (unpaired) electrons. The number of carbonyl (C=O) groups excluding carboxylic acids is 1. The molecule has 0 saturated carbocycles. The number of nitrogens with one attached hydrogen (secondary N) is 3. The van der Waals surface area contributed by atoms with Crippen molar-refractivity contribution in [3.05, 3.63) is 63.9 Å². The van der Waals surface area contributed by atoms with Gasteiger partial charge in [-0.2, -0.15) is 0 Å². The number of nitrogens with zero attached hydrogens (tertiary/aromatic N) is 1. The van der Waals surface area contributed by atoms with Gasteiger partial charge in [0.05, 0.1) is 0 Å². The van der Waals surface area contributed by atoms with Gasteiger partial charge in [0.2, 0.25) is 5.91 Å². The third-order valence-electron chi connectivity index (χ3n) is 5.35. The first kappa shape index (κ1) is 22.0. The Kier molecular flexibility index (Phi) is 8.74. The van der Waals surface area contributed by atoms with Crippen molar-refractivity contribution in [2.75, 3.05) is 26.2 Å². The van der Waals surface area contributed by atoms with Gasteiger partial charge in [0.1, 0.15) is 6.04 Å². The lowest BCUT2D eigenvalue weighted by Crippen LogP contribution is -2.39. The number of carbonyl (C=O) groups is 1. The lowest BCUT2D eigenvalue weighted by Gasteiger charge is -2.25. The van der Waals surface area contributed by atoms with Crippen LogP contribution in [0.15, 0.2) is 42.7 Å². The van der Waals surface area contributed by atoms with Crippen LogP contribution in [-0.2, 0) is 11.2 Å². The van der Waals surface area contributed by atoms with Gasteiger partial charge in [-0.1, -0.05) is 23.2 Å². The summed E-state index contributed by atoms with van der Waals surface area (Å²) < 4.78 is 0. The van der Waals surface area contributed by atoms with Crippen molar-refractivity contribution >= 4 is 29.1 Å². The number of hydrogen-bond donors (Lipinski definition) is 3. The molecule has 1 amide bonds. The van der Waals surface area contributed by atoms with Gasteiger partial charge in [-0.15, -0.1) is 0 Å². The van der Waals surface area contributed by atoms with Crippen LogP contribution in [-0.4, -0.2) is 37.1 Å². The fourth-order valence-electron chi connectivity index (χ4n) is 3.66. The van der Waals surface area contributed by atoms with Crippen LogP contribution in [0.25, 0.3) is 0 Å². The van der Waals surface area contributed by atoms with Gasteiger partial charge in [-0.3, -0.25) is 9.78 Å². The third kappa shape index (κ3) is 6.96. The fourth-order valence-corrected chi connectivity index (χ4v) is 4.07. The topological polar surface area (TPSA) is 66.0 Å². The van der Waals surface area contributed by atoms with Crippen molar-refractivity contribution in [3.63, 3.8) is 0 Å². The Morgan fingerprint density at radius 3 is 2.66 bits per heavy atom. The average molecular weight is 435 g/mol. The number of amides is 1. The molecule has 1 saturated heterocycles. The smallest absolute Gasteiger partial charge is 0.241 e. The standard InChI is InChI=1S/C22H28Cl2N4O/c23-18-1-2-20(24)19(15-18)21(27-13-7-16-3-9-25-10-4-16)22(29)28-14-8-17-5-11-26-12-6-17/h1-2,5-6,11-12,15-16,21,25,27H,3-4,7-10,13-14H2,(H,28,29). The molecule has 0 bridgehead atoms. The third-order valence-corrected chi connectivity index (χ3v) is 5.93. The summed E-state index contributed by atoms with van der Waals surface area (Å²) >= 11 is 12.6. The molecule has 1 fully saturated rings. The second-order valence-electron chi connectivity index (χ2n) is 7.43. The molecule has 3 rings (SSSR count). The molecular weight excluding hydrogens is 407 g/mol. The molecule has 2 heterocycles. The monoisotopic (exact) mass is 434 g/mol. The van der Waals surface area contributed by atoms with E-state index in [0.717, 1.165) is 38.0 Å². The summed E-state index contributed by atoms with van der Waals surface area (Å²) in [5.74, 6) is 0.600. The van der Waals surface area contributed by atoms with Crippen LogP contribution < -0.4 is 16.0 Å². The van der Waals surface area contributed by atoms with Gasteiger partial charge in [-0.25, -0.2) is 0 Å². The molecule has 1 aliphatic rings. The second kappa shape index (κ2) is 11.5. The van der Waals surface area contributed by atoms with Gasteiger partial charge in [0.25, 0.3) is 0 Å². The molecule has 1 aromatic carbocycles. The van der Waals surface area contributed by atoms with Gasteiger partial charge in [-0.05, 0) is 92.7 Å². The van der Waals surface area contributed by atoms with Crippen LogP contribution in [0.3, 0.4) is 0 Å². The summed E-state index contributed by atoms with van der Waals surface area (Å²) in [6, 6.07) is 8.63. The second-order valence-corrected chi connectivity index (χ2v) is 8.28. The Bertz CT molecular complexity index is 782. The largest absolute Gasteiger partial charge is 0.354 e. The number of halogens is 2. The SMILES string of the molecule is O=C(NCCc1ccncc1)C(NCCC1CCNCC1)c1cc(Cl)ccc1Cl. The van der Waals surface area contributed by atoms with E-state index in [-0.39, 0.29) is 5.91 Å². The molecule has 1 atom stereocenters. The van der Waals surface area contributed by atoms with Crippen LogP contribution in [0, 0.1) is 5.92 Å². The highest BCUT2D eigenvalue weighted by atomic mass is 35.5. The van der Waals surface area contributed by atoms with Crippen molar-refractivity contribution < 1.29 is 4.79 Å². The predicted molar refractivity (Wildman–Crippen MR) is 118 cm³/mol. The summed E-state index contributed by atoms with van der Waals surface area (Å²) in [6.07, 6.45) is 7.67. The maximum absolute atomic E-state index is 13.0. The number of benzene rings is 1. The first-order valence-corrected chi connectivity index (χ1v) is 10.9. The van der Waals surface area contributed by atoms with Crippen LogP contribution in [0.4, 0.5) is 0 Å². The molecule has 5 nitrogen and oxygen atoms in total. The molecule has 2 aromatic rings. The summed E-state index contributed by atoms with van der Waals surface area (Å²) in [6.45, 7) is 3.46. The highest BCUT2D eigenvalue weighted by Gasteiger charge is 2.23. The first-order chi connectivity index (χ1) is 14.1. The van der Waals surface area contributed by atoms with E-state index in [2.05, 4.69) is 20.9 Å². The van der Waals surface area contributed by atoms with E-state index in [1.54, 1.807) is 30.6 Å². The summed E-state index contributed by atoms with van der Waals surface area (Å²) in [4.78, 5) is 17.0. The Morgan fingerprint density at radius 2 is 1.90 bits per heavy atom. The van der Waals surface area contributed by atoms with Gasteiger partial charge < -0.3 is 16.0 Å². The van der Waals surface area contributed by atoms with Gasteiger partial charge >= 0.3 is 0 Å². The number of aromatic nitrogens is 1. The Labute approximate surface area is 182 Å². The van der Waals surface area contributed by atoms with Crippen molar-refractivity contribution in [2.45, 2.75) is 31.7 Å². The van der Waals surface area contributed by atoms with E-state index in [1.807, 2.05) is 12.1 Å². The molecule has 1 unspecified atom stereocenters. The normalized spacial score (nSPS) is 15.8. The molecule has 1 aliphatic heterocycles. The quantitative estimate of drug-likeness (QED) is 0.561. The lowest BCUT2D eigenvalue weighted by molar-refractivity contribution is -0.123. The molecule has 0 aliphatic carbocycles. The van der Waals surface area contributed by atoms with E-state index in [4.69, 9.17) is 23.2 Å². The van der Waals surface area contributed by atoms with Crippen molar-refractivity contribution in [1.29, 1.82) is 0 Å². The zero-order chi connectivity index (χ0) is 20.5. The molecule has 29 heavy (non-hydrogen) atoms. The Balaban J connectivity index is 1.61. The number of rotatable bonds is 9. The van der Waals surface area contributed by atoms with E-state index < -0.39 is 6.04 Å². The predicted octanol–water partition coefficient (Wildman–Crippen LogP) is 3.77. The highest BCUT2D eigenvalue weighted by molar-refractivity contribution is 6.33. The fraction of sp³-hybridized carbons (Fsp3) is 0.455. The van der Waals surface area contributed by atoms with E-state index in [1.165, 1.54) is 12.8 Å². The van der Waals surface area contributed by atoms with E-state index >= 15 is 0 Å². The van der Waals surface area contributed by atoms with Crippen LogP contribution in [0.5, 0.6) is 0 Å². The summed E-state index contributed by atoms with van der Waals surface area (Å²) in [7, 11) is 0. The van der Waals surface area contributed by atoms with Crippen LogP contribution in [0.2, 0.25) is 10.0 Å². The molecule has 3 N–H and O–H groups in total. The molecular formula is C22H28Cl2N4O. The minimum atomic E-state index is -0.527. The highest BCUT2D eigenvalue weighted by Crippen LogP contribution is 2.27. The van der Waals surface area contributed by atoms with Crippen molar-refractivity contribution in [3.8, 4) is 0 Å².